The first-order chi connectivity index (χ1) is 12.6. The molecular weight excluding hydrogens is 344 g/mol. The van der Waals surface area contributed by atoms with Crippen LogP contribution < -0.4 is 20.1 Å². The van der Waals surface area contributed by atoms with Gasteiger partial charge >= 0.3 is 6.61 Å². The fraction of sp³-hybridized carbons (Fsp3) is 0.500. The minimum atomic E-state index is -2.88. The second-order valence-corrected chi connectivity index (χ2v) is 5.64. The molecule has 0 aromatic heterocycles. The van der Waals surface area contributed by atoms with E-state index in [-0.39, 0.29) is 12.3 Å². The summed E-state index contributed by atoms with van der Waals surface area (Å²) in [5.74, 6) is 1.26. The lowest BCUT2D eigenvalue weighted by Crippen LogP contribution is -2.37. The topological polar surface area (TPSA) is 64.1 Å². The molecule has 1 aliphatic heterocycles. The molecule has 144 valence electrons. The van der Waals surface area contributed by atoms with E-state index < -0.39 is 6.61 Å². The fourth-order valence-electron chi connectivity index (χ4n) is 2.57. The van der Waals surface area contributed by atoms with Crippen LogP contribution in [0.2, 0.25) is 0 Å². The molecule has 26 heavy (non-hydrogen) atoms. The molecule has 0 saturated carbocycles. The molecular formula is C18H25F2N3O3. The molecule has 0 fully saturated rings. The average Bonchev–Trinajstić information content (AvgIpc) is 2.65. The predicted molar refractivity (Wildman–Crippen MR) is 96.0 cm³/mol. The Morgan fingerprint density at radius 2 is 2.19 bits per heavy atom. The maximum Gasteiger partial charge on any atom is 0.387 e. The van der Waals surface area contributed by atoms with Gasteiger partial charge in [0.2, 0.25) is 0 Å². The Morgan fingerprint density at radius 3 is 2.85 bits per heavy atom. The summed E-state index contributed by atoms with van der Waals surface area (Å²) in [7, 11) is 3.18. The number of guanidine groups is 1. The number of aliphatic imine (C=N–C) groups is 1. The molecule has 0 unspecified atom stereocenters. The zero-order valence-corrected chi connectivity index (χ0v) is 15.1. The van der Waals surface area contributed by atoms with Gasteiger partial charge in [-0.15, -0.1) is 0 Å². The fourth-order valence-corrected chi connectivity index (χ4v) is 2.57. The maximum atomic E-state index is 12.6. The molecule has 0 aliphatic carbocycles. The van der Waals surface area contributed by atoms with Gasteiger partial charge in [-0.2, -0.15) is 8.78 Å². The first-order valence-corrected chi connectivity index (χ1v) is 8.44. The van der Waals surface area contributed by atoms with Crippen LogP contribution >= 0.6 is 0 Å². The van der Waals surface area contributed by atoms with Gasteiger partial charge in [0, 0.05) is 25.7 Å². The molecule has 8 heteroatoms. The molecule has 2 rings (SSSR count). The second kappa shape index (κ2) is 10.6. The summed E-state index contributed by atoms with van der Waals surface area (Å²) in [4.78, 5) is 4.15. The van der Waals surface area contributed by atoms with E-state index in [1.165, 1.54) is 18.7 Å². The minimum Gasteiger partial charge on any atom is -0.497 e. The number of halogens is 2. The zero-order valence-electron chi connectivity index (χ0n) is 15.1. The van der Waals surface area contributed by atoms with E-state index in [0.29, 0.717) is 23.9 Å². The van der Waals surface area contributed by atoms with Crippen molar-refractivity contribution in [1.29, 1.82) is 0 Å². The van der Waals surface area contributed by atoms with Crippen LogP contribution in [0.4, 0.5) is 8.78 Å². The molecule has 2 N–H and O–H groups in total. The zero-order chi connectivity index (χ0) is 18.8. The normalized spacial score (nSPS) is 14.8. The number of nitrogens with zero attached hydrogens (tertiary/aromatic N) is 1. The Balaban J connectivity index is 1.89. The molecule has 0 spiro atoms. The highest BCUT2D eigenvalue weighted by atomic mass is 19.3. The number of ether oxygens (including phenoxy) is 3. The monoisotopic (exact) mass is 369 g/mol. The Labute approximate surface area is 152 Å². The van der Waals surface area contributed by atoms with Gasteiger partial charge in [-0.1, -0.05) is 11.6 Å². The minimum absolute atomic E-state index is 0.108. The molecule has 1 aliphatic rings. The largest absolute Gasteiger partial charge is 0.497 e. The molecule has 0 saturated heterocycles. The Hall–Kier alpha value is -2.35. The molecule has 6 nitrogen and oxygen atoms in total. The lowest BCUT2D eigenvalue weighted by Gasteiger charge is -2.17. The van der Waals surface area contributed by atoms with Crippen molar-refractivity contribution >= 4 is 5.96 Å². The summed E-state index contributed by atoms with van der Waals surface area (Å²) in [6.07, 6.45) is 3.96. The van der Waals surface area contributed by atoms with Gasteiger partial charge in [0.25, 0.3) is 0 Å². The van der Waals surface area contributed by atoms with E-state index in [9.17, 15) is 8.78 Å². The predicted octanol–water partition coefficient (Wildman–Crippen LogP) is 2.70. The smallest absolute Gasteiger partial charge is 0.387 e. The van der Waals surface area contributed by atoms with Crippen LogP contribution in [0.5, 0.6) is 11.5 Å². The average molecular weight is 369 g/mol. The van der Waals surface area contributed by atoms with Crippen molar-refractivity contribution in [3.05, 3.63) is 35.4 Å². The quantitative estimate of drug-likeness (QED) is 0.419. The third-order valence-corrected chi connectivity index (χ3v) is 3.95. The molecule has 0 amide bonds. The van der Waals surface area contributed by atoms with E-state index in [0.717, 1.165) is 26.0 Å². The van der Waals surface area contributed by atoms with E-state index in [2.05, 4.69) is 26.4 Å². The standard InChI is InChI=1S/C18H25F2N3O3/c1-21-18(22-8-5-13-6-9-25-10-7-13)23-12-14-11-15(24-2)3-4-16(14)26-17(19)20/h3-4,6,11,17H,5,7-10,12H2,1-2H3,(H2,21,22,23). The van der Waals surface area contributed by atoms with Crippen molar-refractivity contribution < 1.29 is 23.0 Å². The van der Waals surface area contributed by atoms with Crippen molar-refractivity contribution in [2.45, 2.75) is 26.0 Å². The van der Waals surface area contributed by atoms with Crippen molar-refractivity contribution in [2.75, 3.05) is 33.9 Å². The molecule has 1 heterocycles. The molecule has 1 aromatic rings. The van der Waals surface area contributed by atoms with Crippen LogP contribution in [0, 0.1) is 0 Å². The van der Waals surface area contributed by atoms with Crippen molar-refractivity contribution in [3.63, 3.8) is 0 Å². The first-order valence-electron chi connectivity index (χ1n) is 8.44. The third kappa shape index (κ3) is 6.51. The number of benzene rings is 1. The van der Waals surface area contributed by atoms with Gasteiger partial charge in [0.05, 0.1) is 20.3 Å². The first kappa shape index (κ1) is 20.0. The summed E-state index contributed by atoms with van der Waals surface area (Å²) in [6, 6.07) is 4.70. The van der Waals surface area contributed by atoms with Gasteiger partial charge in [-0.3, -0.25) is 4.99 Å². The Morgan fingerprint density at radius 1 is 1.35 bits per heavy atom. The molecule has 0 bridgehead atoms. The van der Waals surface area contributed by atoms with Crippen molar-refractivity contribution in [1.82, 2.24) is 10.6 Å². The van der Waals surface area contributed by atoms with Crippen LogP contribution in [0.25, 0.3) is 0 Å². The van der Waals surface area contributed by atoms with E-state index >= 15 is 0 Å². The summed E-state index contributed by atoms with van der Waals surface area (Å²) in [5, 5.41) is 6.32. The number of hydrogen-bond acceptors (Lipinski definition) is 4. The summed E-state index contributed by atoms with van der Waals surface area (Å²) >= 11 is 0. The van der Waals surface area contributed by atoms with Crippen LogP contribution in [-0.4, -0.2) is 46.5 Å². The number of rotatable bonds is 8. The van der Waals surface area contributed by atoms with Crippen LogP contribution in [0.1, 0.15) is 18.4 Å². The number of methoxy groups -OCH3 is 1. The van der Waals surface area contributed by atoms with Crippen molar-refractivity contribution in [3.8, 4) is 11.5 Å². The second-order valence-electron chi connectivity index (χ2n) is 5.64. The molecule has 1 aromatic carbocycles. The molecule has 0 atom stereocenters. The lowest BCUT2D eigenvalue weighted by atomic mass is 10.1. The van der Waals surface area contributed by atoms with Gasteiger partial charge < -0.3 is 24.8 Å². The van der Waals surface area contributed by atoms with E-state index in [1.807, 2.05) is 0 Å². The SMILES string of the molecule is CN=C(NCCC1=CCOCC1)NCc1cc(OC)ccc1OC(F)F. The number of hydrogen-bond donors (Lipinski definition) is 2. The van der Waals surface area contributed by atoms with Crippen LogP contribution in [0.3, 0.4) is 0 Å². The van der Waals surface area contributed by atoms with Crippen molar-refractivity contribution in [2.24, 2.45) is 4.99 Å². The van der Waals surface area contributed by atoms with Gasteiger partial charge in [0.1, 0.15) is 11.5 Å². The van der Waals surface area contributed by atoms with Crippen LogP contribution in [0.15, 0.2) is 34.8 Å². The highest BCUT2D eigenvalue weighted by Gasteiger charge is 2.12. The Bertz CT molecular complexity index is 636. The number of alkyl halides is 2. The molecule has 0 radical (unpaired) electrons. The maximum absolute atomic E-state index is 12.6. The van der Waals surface area contributed by atoms with Gasteiger partial charge in [-0.25, -0.2) is 0 Å². The van der Waals surface area contributed by atoms with Crippen LogP contribution in [-0.2, 0) is 11.3 Å². The lowest BCUT2D eigenvalue weighted by molar-refractivity contribution is -0.0504. The number of nitrogens with one attached hydrogen (secondary N) is 2. The highest BCUT2D eigenvalue weighted by molar-refractivity contribution is 5.79. The third-order valence-electron chi connectivity index (χ3n) is 3.95. The van der Waals surface area contributed by atoms with E-state index in [4.69, 9.17) is 9.47 Å². The Kier molecular flexibility index (Phi) is 8.14. The van der Waals surface area contributed by atoms with Gasteiger partial charge in [-0.05, 0) is 31.0 Å². The van der Waals surface area contributed by atoms with Gasteiger partial charge in [0.15, 0.2) is 5.96 Å². The highest BCUT2D eigenvalue weighted by Crippen LogP contribution is 2.25. The summed E-state index contributed by atoms with van der Waals surface area (Å²) < 4.78 is 40.1. The summed E-state index contributed by atoms with van der Waals surface area (Å²) in [6.45, 7) is -0.445. The summed E-state index contributed by atoms with van der Waals surface area (Å²) in [5.41, 5.74) is 1.92. The van der Waals surface area contributed by atoms with E-state index in [1.54, 1.807) is 19.2 Å².